The van der Waals surface area contributed by atoms with Gasteiger partial charge in [-0.3, -0.25) is 4.79 Å². The smallest absolute Gasteiger partial charge is 0.330 e. The number of aliphatic hydroxyl groups excluding tert-OH is 1. The van der Waals surface area contributed by atoms with E-state index in [4.69, 9.17) is 9.84 Å². The number of nitrogens with one attached hydrogen (secondary N) is 1. The zero-order valence-corrected chi connectivity index (χ0v) is 10.8. The summed E-state index contributed by atoms with van der Waals surface area (Å²) < 4.78 is 9.71. The van der Waals surface area contributed by atoms with Crippen LogP contribution in [0.25, 0.3) is 0 Å². The average molecular weight is 268 g/mol. The topological polar surface area (TPSA) is 97.8 Å². The Morgan fingerprint density at radius 2 is 2.26 bits per heavy atom. The van der Waals surface area contributed by atoms with E-state index in [1.54, 1.807) is 19.1 Å². The summed E-state index contributed by atoms with van der Waals surface area (Å²) in [5, 5.41) is 11.4. The van der Waals surface area contributed by atoms with E-state index in [1.807, 2.05) is 0 Å². The summed E-state index contributed by atoms with van der Waals surface area (Å²) in [4.78, 5) is 27.1. The number of aromatic nitrogens is 1. The molecule has 1 amide bonds. The maximum atomic E-state index is 12.0. The third kappa shape index (κ3) is 3.92. The molecular weight excluding hydrogens is 252 g/mol. The number of hydrogen-bond donors (Lipinski definition) is 2. The molecule has 19 heavy (non-hydrogen) atoms. The summed E-state index contributed by atoms with van der Waals surface area (Å²) in [7, 11) is 1.17. The Morgan fingerprint density at radius 3 is 2.84 bits per heavy atom. The zero-order valence-electron chi connectivity index (χ0n) is 10.8. The van der Waals surface area contributed by atoms with Crippen molar-refractivity contribution in [3.63, 3.8) is 0 Å². The summed E-state index contributed by atoms with van der Waals surface area (Å²) in [5.74, 6) is -1.04. The molecule has 1 heterocycles. The van der Waals surface area contributed by atoms with Gasteiger partial charge in [-0.2, -0.15) is 0 Å². The van der Waals surface area contributed by atoms with Gasteiger partial charge in [0, 0.05) is 6.20 Å². The molecule has 2 N–H and O–H groups in total. The Labute approximate surface area is 110 Å². The fourth-order valence-corrected chi connectivity index (χ4v) is 1.38. The minimum atomic E-state index is -1.13. The highest BCUT2D eigenvalue weighted by Gasteiger charge is 2.23. The number of methoxy groups -OCH3 is 1. The second kappa shape index (κ2) is 7.32. The molecule has 1 aromatic heterocycles. The molecular formula is C12H16N2O5. The number of carbonyl (C=O) groups is 2. The Morgan fingerprint density at radius 1 is 1.53 bits per heavy atom. The van der Waals surface area contributed by atoms with E-state index in [2.05, 4.69) is 15.0 Å². The van der Waals surface area contributed by atoms with Crippen LogP contribution >= 0.6 is 0 Å². The van der Waals surface area contributed by atoms with Crippen LogP contribution in [0.1, 0.15) is 17.4 Å². The third-order valence-electron chi connectivity index (χ3n) is 2.26. The molecule has 0 spiro atoms. The van der Waals surface area contributed by atoms with E-state index >= 15 is 0 Å². The number of carbonyl (C=O) groups excluding carboxylic acids is 2. The molecule has 1 aromatic rings. The number of aliphatic hydroxyl groups is 1. The largest absolute Gasteiger partial charge is 0.491 e. The van der Waals surface area contributed by atoms with Gasteiger partial charge in [0.05, 0.1) is 20.3 Å². The normalized spacial score (nSPS) is 11.5. The van der Waals surface area contributed by atoms with Gasteiger partial charge >= 0.3 is 5.97 Å². The zero-order chi connectivity index (χ0) is 14.3. The molecule has 0 saturated carbocycles. The molecule has 7 nitrogen and oxygen atoms in total. The van der Waals surface area contributed by atoms with Gasteiger partial charge in [-0.25, -0.2) is 9.78 Å². The minimum absolute atomic E-state index is 0.0479. The number of nitrogens with zero attached hydrogens (tertiary/aromatic N) is 1. The van der Waals surface area contributed by atoms with Gasteiger partial charge in [-0.15, -0.1) is 0 Å². The summed E-state index contributed by atoms with van der Waals surface area (Å²) in [5.41, 5.74) is 0.0479. The second-order valence-corrected chi connectivity index (χ2v) is 3.51. The van der Waals surface area contributed by atoms with E-state index in [1.165, 1.54) is 13.3 Å². The van der Waals surface area contributed by atoms with Crippen molar-refractivity contribution in [1.82, 2.24) is 10.3 Å². The number of pyridine rings is 1. The Kier molecular flexibility index (Phi) is 5.74. The van der Waals surface area contributed by atoms with Crippen molar-refractivity contribution in [3.05, 3.63) is 24.0 Å². The predicted molar refractivity (Wildman–Crippen MR) is 65.8 cm³/mol. The molecule has 0 aliphatic heterocycles. The first-order chi connectivity index (χ1) is 9.13. The molecule has 0 bridgehead atoms. The number of ether oxygens (including phenoxy) is 2. The van der Waals surface area contributed by atoms with Crippen LogP contribution < -0.4 is 10.1 Å². The van der Waals surface area contributed by atoms with Gasteiger partial charge in [-0.05, 0) is 19.1 Å². The van der Waals surface area contributed by atoms with Gasteiger partial charge in [0.15, 0.2) is 17.5 Å². The van der Waals surface area contributed by atoms with Crippen LogP contribution in [0, 0.1) is 0 Å². The minimum Gasteiger partial charge on any atom is -0.491 e. The third-order valence-corrected chi connectivity index (χ3v) is 2.26. The van der Waals surface area contributed by atoms with Gasteiger partial charge in [0.2, 0.25) is 0 Å². The van der Waals surface area contributed by atoms with Crippen LogP contribution in [0.15, 0.2) is 18.3 Å². The number of amides is 1. The van der Waals surface area contributed by atoms with E-state index in [0.29, 0.717) is 12.4 Å². The number of esters is 1. The van der Waals surface area contributed by atoms with Crippen molar-refractivity contribution < 1.29 is 24.2 Å². The summed E-state index contributed by atoms with van der Waals surface area (Å²) >= 11 is 0. The second-order valence-electron chi connectivity index (χ2n) is 3.51. The molecule has 1 rings (SSSR count). The molecule has 0 aliphatic rings. The summed E-state index contributed by atoms with van der Waals surface area (Å²) in [6.07, 6.45) is 1.43. The quantitative estimate of drug-likeness (QED) is 0.690. The fourth-order valence-electron chi connectivity index (χ4n) is 1.38. The summed E-state index contributed by atoms with van der Waals surface area (Å²) in [6.45, 7) is 1.60. The molecule has 7 heteroatoms. The number of hydrogen-bond acceptors (Lipinski definition) is 6. The van der Waals surface area contributed by atoms with Crippen LogP contribution in [-0.2, 0) is 9.53 Å². The van der Waals surface area contributed by atoms with Crippen molar-refractivity contribution in [2.75, 3.05) is 20.3 Å². The van der Waals surface area contributed by atoms with E-state index in [-0.39, 0.29) is 5.69 Å². The van der Waals surface area contributed by atoms with Crippen LogP contribution in [0.3, 0.4) is 0 Å². The van der Waals surface area contributed by atoms with E-state index < -0.39 is 24.5 Å². The maximum absolute atomic E-state index is 12.0. The van der Waals surface area contributed by atoms with Crippen molar-refractivity contribution in [1.29, 1.82) is 0 Å². The molecule has 0 saturated heterocycles. The maximum Gasteiger partial charge on any atom is 0.330 e. The monoisotopic (exact) mass is 268 g/mol. The lowest BCUT2D eigenvalue weighted by atomic mass is 10.2. The lowest BCUT2D eigenvalue weighted by Crippen LogP contribution is -2.44. The van der Waals surface area contributed by atoms with Crippen LogP contribution in [0.2, 0.25) is 0 Å². The Balaban J connectivity index is 2.85. The molecule has 0 radical (unpaired) electrons. The average Bonchev–Trinajstić information content (AvgIpc) is 2.44. The standard InChI is InChI=1S/C12H16N2O5/c1-3-19-9-5-4-6-13-10(9)11(16)14-8(7-15)12(17)18-2/h4-6,8,15H,3,7H2,1-2H3,(H,14,16)/t8-/m0/s1. The molecule has 0 aliphatic carbocycles. The first kappa shape index (κ1) is 14.9. The lowest BCUT2D eigenvalue weighted by molar-refractivity contribution is -0.143. The first-order valence-corrected chi connectivity index (χ1v) is 5.71. The molecule has 1 atom stereocenters. The van der Waals surface area contributed by atoms with E-state index in [9.17, 15) is 9.59 Å². The Bertz CT molecular complexity index is 450. The SMILES string of the molecule is CCOc1cccnc1C(=O)N[C@@H](CO)C(=O)OC. The molecule has 0 aromatic carbocycles. The highest BCUT2D eigenvalue weighted by molar-refractivity contribution is 5.97. The van der Waals surface area contributed by atoms with Crippen molar-refractivity contribution in [2.24, 2.45) is 0 Å². The van der Waals surface area contributed by atoms with Crippen LogP contribution in [0.5, 0.6) is 5.75 Å². The molecule has 0 unspecified atom stereocenters. The van der Waals surface area contributed by atoms with E-state index in [0.717, 1.165) is 0 Å². The van der Waals surface area contributed by atoms with Crippen LogP contribution in [0.4, 0.5) is 0 Å². The molecule has 0 fully saturated rings. The molecule has 104 valence electrons. The highest BCUT2D eigenvalue weighted by Crippen LogP contribution is 2.15. The highest BCUT2D eigenvalue weighted by atomic mass is 16.5. The lowest BCUT2D eigenvalue weighted by Gasteiger charge is -2.14. The van der Waals surface area contributed by atoms with Crippen molar-refractivity contribution in [3.8, 4) is 5.75 Å². The van der Waals surface area contributed by atoms with Crippen molar-refractivity contribution >= 4 is 11.9 Å². The Hall–Kier alpha value is -2.15. The van der Waals surface area contributed by atoms with Gasteiger partial charge in [-0.1, -0.05) is 0 Å². The van der Waals surface area contributed by atoms with Gasteiger partial charge in [0.1, 0.15) is 0 Å². The van der Waals surface area contributed by atoms with Crippen LogP contribution in [-0.4, -0.2) is 48.3 Å². The number of rotatable bonds is 6. The van der Waals surface area contributed by atoms with Crippen molar-refractivity contribution in [2.45, 2.75) is 13.0 Å². The van der Waals surface area contributed by atoms with Gasteiger partial charge in [0.25, 0.3) is 5.91 Å². The van der Waals surface area contributed by atoms with Gasteiger partial charge < -0.3 is 19.9 Å². The first-order valence-electron chi connectivity index (χ1n) is 5.71. The predicted octanol–water partition coefficient (Wildman–Crippen LogP) is -0.256. The summed E-state index contributed by atoms with van der Waals surface area (Å²) in [6, 6.07) is 2.09. The fraction of sp³-hybridized carbons (Fsp3) is 0.417.